The van der Waals surface area contributed by atoms with Gasteiger partial charge in [0.25, 0.3) is 0 Å². The summed E-state index contributed by atoms with van der Waals surface area (Å²) in [5.41, 5.74) is -0.453. The van der Waals surface area contributed by atoms with Crippen molar-refractivity contribution in [2.45, 2.75) is 52.7 Å². The summed E-state index contributed by atoms with van der Waals surface area (Å²) in [5.74, 6) is 0.771. The molecule has 0 atom stereocenters. The van der Waals surface area contributed by atoms with E-state index in [0.29, 0.717) is 12.6 Å². The highest BCUT2D eigenvalue weighted by molar-refractivity contribution is 5.79. The maximum atomic E-state index is 11.4. The first-order chi connectivity index (χ1) is 8.74. The maximum absolute atomic E-state index is 11.4. The molecule has 3 N–H and O–H groups in total. The van der Waals surface area contributed by atoms with Gasteiger partial charge in [0, 0.05) is 26.2 Å². The van der Waals surface area contributed by atoms with Crippen molar-refractivity contribution in [3.8, 4) is 0 Å². The number of nitrogens with zero attached hydrogens (tertiary/aromatic N) is 1. The van der Waals surface area contributed by atoms with Crippen molar-refractivity contribution in [3.05, 3.63) is 0 Å². The van der Waals surface area contributed by atoms with E-state index in [1.807, 2.05) is 20.8 Å². The largest absolute Gasteiger partial charge is 0.444 e. The van der Waals surface area contributed by atoms with E-state index in [9.17, 15) is 4.79 Å². The molecule has 0 rings (SSSR count). The predicted octanol–water partition coefficient (Wildman–Crippen LogP) is 1.47. The van der Waals surface area contributed by atoms with Gasteiger partial charge in [-0.3, -0.25) is 4.99 Å². The molecule has 0 aliphatic carbocycles. The van der Waals surface area contributed by atoms with E-state index in [2.05, 4.69) is 34.8 Å². The molecule has 0 radical (unpaired) electrons. The summed E-state index contributed by atoms with van der Waals surface area (Å²) in [4.78, 5) is 15.5. The lowest BCUT2D eigenvalue weighted by Crippen LogP contribution is -2.42. The Bertz CT molecular complexity index is 296. The van der Waals surface area contributed by atoms with Crippen molar-refractivity contribution in [2.24, 2.45) is 4.99 Å². The number of guanidine groups is 1. The lowest BCUT2D eigenvalue weighted by atomic mass is 10.2. The van der Waals surface area contributed by atoms with E-state index < -0.39 is 5.60 Å². The van der Waals surface area contributed by atoms with E-state index in [1.54, 1.807) is 7.05 Å². The number of aliphatic imine (C=N–C) groups is 1. The molecule has 0 aliphatic heterocycles. The number of rotatable bonds is 5. The number of alkyl carbamates (subject to hydrolysis) is 1. The fourth-order valence-electron chi connectivity index (χ4n) is 1.27. The zero-order valence-electron chi connectivity index (χ0n) is 13.0. The van der Waals surface area contributed by atoms with Gasteiger partial charge in [-0.2, -0.15) is 0 Å². The fraction of sp³-hybridized carbons (Fsp3) is 0.846. The average molecular weight is 272 g/mol. The number of nitrogens with one attached hydrogen (secondary N) is 3. The Morgan fingerprint density at radius 3 is 2.26 bits per heavy atom. The van der Waals surface area contributed by atoms with Crippen LogP contribution in [0.2, 0.25) is 0 Å². The monoisotopic (exact) mass is 272 g/mol. The molecule has 6 heteroatoms. The fourth-order valence-corrected chi connectivity index (χ4v) is 1.27. The Labute approximate surface area is 116 Å². The Morgan fingerprint density at radius 2 is 1.79 bits per heavy atom. The van der Waals surface area contributed by atoms with Crippen molar-refractivity contribution in [1.29, 1.82) is 0 Å². The SMILES string of the molecule is CN=C(NCCCNC(=O)OC(C)(C)C)NC(C)C. The minimum Gasteiger partial charge on any atom is -0.444 e. The summed E-state index contributed by atoms with van der Waals surface area (Å²) in [7, 11) is 1.73. The normalized spacial score (nSPS) is 12.3. The first-order valence-corrected chi connectivity index (χ1v) is 6.68. The van der Waals surface area contributed by atoms with E-state index >= 15 is 0 Å². The molecule has 0 aliphatic rings. The second-order valence-electron chi connectivity index (χ2n) is 5.58. The lowest BCUT2D eigenvalue weighted by Gasteiger charge is -2.19. The van der Waals surface area contributed by atoms with Gasteiger partial charge in [-0.15, -0.1) is 0 Å². The van der Waals surface area contributed by atoms with Crippen LogP contribution in [0.5, 0.6) is 0 Å². The topological polar surface area (TPSA) is 74.8 Å². The molecular weight excluding hydrogens is 244 g/mol. The summed E-state index contributed by atoms with van der Waals surface area (Å²) in [6.45, 7) is 10.9. The molecule has 0 heterocycles. The van der Waals surface area contributed by atoms with Crippen LogP contribution in [0.15, 0.2) is 4.99 Å². The molecule has 0 aromatic heterocycles. The lowest BCUT2D eigenvalue weighted by molar-refractivity contribution is 0.0527. The third-order valence-corrected chi connectivity index (χ3v) is 1.96. The van der Waals surface area contributed by atoms with E-state index in [1.165, 1.54) is 0 Å². The smallest absolute Gasteiger partial charge is 0.407 e. The summed E-state index contributed by atoms with van der Waals surface area (Å²) in [6, 6.07) is 0.339. The van der Waals surface area contributed by atoms with Gasteiger partial charge in [0.2, 0.25) is 0 Å². The van der Waals surface area contributed by atoms with Crippen LogP contribution in [-0.4, -0.2) is 43.8 Å². The van der Waals surface area contributed by atoms with Gasteiger partial charge in [-0.05, 0) is 41.0 Å². The third-order valence-electron chi connectivity index (χ3n) is 1.96. The molecule has 19 heavy (non-hydrogen) atoms. The summed E-state index contributed by atoms with van der Waals surface area (Å²) in [6.07, 6.45) is 0.426. The summed E-state index contributed by atoms with van der Waals surface area (Å²) < 4.78 is 5.13. The standard InChI is InChI=1S/C13H28N4O2/c1-10(2)17-11(14-6)15-8-7-9-16-12(18)19-13(3,4)5/h10H,7-9H2,1-6H3,(H,16,18)(H2,14,15,17). The van der Waals surface area contributed by atoms with Gasteiger partial charge in [0.05, 0.1) is 0 Å². The Morgan fingerprint density at radius 1 is 1.21 bits per heavy atom. The quantitative estimate of drug-likeness (QED) is 0.402. The summed E-state index contributed by atoms with van der Waals surface area (Å²) >= 11 is 0. The van der Waals surface area contributed by atoms with Crippen molar-refractivity contribution in [3.63, 3.8) is 0 Å². The van der Waals surface area contributed by atoms with Crippen molar-refractivity contribution >= 4 is 12.1 Å². The van der Waals surface area contributed by atoms with Gasteiger partial charge in [-0.25, -0.2) is 4.79 Å². The highest BCUT2D eigenvalue weighted by atomic mass is 16.6. The van der Waals surface area contributed by atoms with E-state index in [0.717, 1.165) is 18.9 Å². The van der Waals surface area contributed by atoms with Crippen molar-refractivity contribution in [1.82, 2.24) is 16.0 Å². The Kier molecular flexibility index (Phi) is 7.95. The minimum atomic E-state index is -0.453. The molecule has 112 valence electrons. The van der Waals surface area contributed by atoms with Crippen LogP contribution in [0.3, 0.4) is 0 Å². The van der Waals surface area contributed by atoms with Gasteiger partial charge in [-0.1, -0.05) is 0 Å². The average Bonchev–Trinajstić information content (AvgIpc) is 2.23. The molecule has 1 amide bonds. The number of hydrogen-bond donors (Lipinski definition) is 3. The van der Waals surface area contributed by atoms with Crippen LogP contribution < -0.4 is 16.0 Å². The molecule has 0 aromatic rings. The maximum Gasteiger partial charge on any atom is 0.407 e. The van der Waals surface area contributed by atoms with Gasteiger partial charge in [0.1, 0.15) is 5.60 Å². The molecule has 0 aromatic carbocycles. The Hall–Kier alpha value is -1.46. The van der Waals surface area contributed by atoms with Crippen LogP contribution in [0.25, 0.3) is 0 Å². The number of carbonyl (C=O) groups is 1. The highest BCUT2D eigenvalue weighted by Crippen LogP contribution is 2.06. The number of carbonyl (C=O) groups excluding carboxylic acids is 1. The van der Waals surface area contributed by atoms with Crippen LogP contribution in [0.4, 0.5) is 4.79 Å². The molecular formula is C13H28N4O2. The molecule has 0 saturated carbocycles. The third kappa shape index (κ3) is 11.4. The molecule has 0 saturated heterocycles. The van der Waals surface area contributed by atoms with E-state index in [-0.39, 0.29) is 6.09 Å². The Balaban J connectivity index is 3.67. The first-order valence-electron chi connectivity index (χ1n) is 6.68. The zero-order valence-corrected chi connectivity index (χ0v) is 13.0. The second-order valence-corrected chi connectivity index (χ2v) is 5.58. The summed E-state index contributed by atoms with van der Waals surface area (Å²) in [5, 5.41) is 9.07. The van der Waals surface area contributed by atoms with Crippen LogP contribution >= 0.6 is 0 Å². The number of ether oxygens (including phenoxy) is 1. The zero-order chi connectivity index (χ0) is 14.9. The molecule has 6 nitrogen and oxygen atoms in total. The van der Waals surface area contributed by atoms with Crippen LogP contribution in [-0.2, 0) is 4.74 Å². The van der Waals surface area contributed by atoms with Gasteiger partial charge in [0.15, 0.2) is 5.96 Å². The second kappa shape index (κ2) is 8.61. The minimum absolute atomic E-state index is 0.339. The van der Waals surface area contributed by atoms with Gasteiger partial charge >= 0.3 is 6.09 Å². The molecule has 0 unspecified atom stereocenters. The van der Waals surface area contributed by atoms with Crippen molar-refractivity contribution in [2.75, 3.05) is 20.1 Å². The van der Waals surface area contributed by atoms with Crippen LogP contribution in [0, 0.1) is 0 Å². The number of amides is 1. The van der Waals surface area contributed by atoms with Gasteiger partial charge < -0.3 is 20.7 Å². The van der Waals surface area contributed by atoms with E-state index in [4.69, 9.17) is 4.74 Å². The molecule has 0 bridgehead atoms. The first kappa shape index (κ1) is 17.5. The molecule has 0 fully saturated rings. The van der Waals surface area contributed by atoms with Crippen LogP contribution in [0.1, 0.15) is 41.0 Å². The highest BCUT2D eigenvalue weighted by Gasteiger charge is 2.15. The van der Waals surface area contributed by atoms with Crippen molar-refractivity contribution < 1.29 is 9.53 Å². The predicted molar refractivity (Wildman–Crippen MR) is 78.5 cm³/mol. The molecule has 0 spiro atoms. The number of hydrogen-bond acceptors (Lipinski definition) is 3.